The molecule has 0 unspecified atom stereocenters. The van der Waals surface area contributed by atoms with Crippen LogP contribution in [0.4, 0.5) is 17.1 Å². The van der Waals surface area contributed by atoms with Gasteiger partial charge in [0, 0.05) is 18.7 Å². The topological polar surface area (TPSA) is 225 Å². The summed E-state index contributed by atoms with van der Waals surface area (Å²) in [5.74, 6) is 4.27. The van der Waals surface area contributed by atoms with Gasteiger partial charge in [-0.1, -0.05) is 50.3 Å². The van der Waals surface area contributed by atoms with Crippen molar-refractivity contribution >= 4 is 38.6 Å². The number of hydrogen-bond acceptors (Lipinski definition) is 11. The molecule has 1 aliphatic rings. The largest absolute Gasteiger partial charge is 0.780 e. The fourth-order valence-corrected chi connectivity index (χ4v) is 5.30. The molecule has 1 heterocycles. The molecule has 2 aromatic rings. The number of amides is 1. The predicted molar refractivity (Wildman–Crippen MR) is 159 cm³/mol. The van der Waals surface area contributed by atoms with Crippen LogP contribution in [0.15, 0.2) is 65.3 Å². The summed E-state index contributed by atoms with van der Waals surface area (Å²) in [5, 5.41) is 13.5. The molecule has 44 heavy (non-hydrogen) atoms. The number of nitrogens with zero attached hydrogens (tertiary/aromatic N) is 1. The first-order valence-corrected chi connectivity index (χ1v) is 16.5. The lowest BCUT2D eigenvalue weighted by Gasteiger charge is -2.30. The number of allylic oxidation sites excluding steroid dienone is 5. The summed E-state index contributed by atoms with van der Waals surface area (Å²) in [6.07, 6.45) is 9.64. The number of hydrogen-bond donors (Lipinski definition) is 4. The number of nitrogens with one attached hydrogen (secondary N) is 1. The number of quaternary nitrogens is 2. The Morgan fingerprint density at radius 3 is 2.20 bits per heavy atom. The Bertz CT molecular complexity index is 1560. The Balaban J connectivity index is 2.05. The Hall–Kier alpha value is -3.45. The second kappa shape index (κ2) is 15.0. The maximum absolute atomic E-state index is 13.9. The molecule has 0 aliphatic carbocycles. The van der Waals surface area contributed by atoms with Gasteiger partial charge in [0.15, 0.2) is 5.75 Å². The summed E-state index contributed by atoms with van der Waals surface area (Å²) < 4.78 is 43.4. The van der Waals surface area contributed by atoms with Gasteiger partial charge in [0.25, 0.3) is 5.91 Å². The van der Waals surface area contributed by atoms with E-state index in [-0.39, 0.29) is 34.9 Å². The molecule has 8 N–H and O–H groups in total. The molecule has 14 nitrogen and oxygen atoms in total. The zero-order valence-electron chi connectivity index (χ0n) is 25.0. The van der Waals surface area contributed by atoms with E-state index >= 15 is 0 Å². The number of rotatable bonds is 14. The van der Waals surface area contributed by atoms with Crippen molar-refractivity contribution in [1.82, 2.24) is 0 Å². The van der Waals surface area contributed by atoms with Crippen LogP contribution in [0.1, 0.15) is 63.7 Å². The number of aromatic hydroxyl groups is 1. The van der Waals surface area contributed by atoms with Crippen LogP contribution in [0.25, 0.3) is 0 Å². The highest BCUT2D eigenvalue weighted by Gasteiger charge is 2.37. The molecule has 1 aliphatic heterocycles. The van der Waals surface area contributed by atoms with E-state index in [1.807, 2.05) is 13.0 Å². The third kappa shape index (κ3) is 9.52. The van der Waals surface area contributed by atoms with E-state index in [4.69, 9.17) is 4.52 Å². The molecule has 240 valence electrons. The normalized spacial score (nSPS) is 13.9. The predicted octanol–water partition coefficient (Wildman–Crippen LogP) is 3.56. The number of phenols is 1. The van der Waals surface area contributed by atoms with Gasteiger partial charge in [0.05, 0.1) is 16.9 Å². The van der Waals surface area contributed by atoms with E-state index in [9.17, 15) is 28.8 Å². The summed E-state index contributed by atoms with van der Waals surface area (Å²) in [6.45, 7) is 8.13. The zero-order chi connectivity index (χ0) is 32.7. The van der Waals surface area contributed by atoms with Crippen molar-refractivity contribution in [1.29, 1.82) is 0 Å². The van der Waals surface area contributed by atoms with E-state index in [1.54, 1.807) is 0 Å². The summed E-state index contributed by atoms with van der Waals surface area (Å²) in [6, 6.07) is 6.36. The van der Waals surface area contributed by atoms with Crippen LogP contribution in [0.5, 0.6) is 17.2 Å². The number of anilines is 3. The molecular weight excluding hydrogens is 614 g/mol. The van der Waals surface area contributed by atoms with Gasteiger partial charge in [-0.3, -0.25) is 4.79 Å². The minimum atomic E-state index is -5.58. The molecule has 0 fully saturated rings. The minimum Gasteiger partial charge on any atom is -0.780 e. The average Bonchev–Trinajstić information content (AvgIpc) is 3.05. The minimum absolute atomic E-state index is 0.00608. The van der Waals surface area contributed by atoms with Crippen molar-refractivity contribution in [2.24, 2.45) is 0 Å². The van der Waals surface area contributed by atoms with Crippen molar-refractivity contribution < 1.29 is 58.9 Å². The van der Waals surface area contributed by atoms with Gasteiger partial charge >= 0.3 is 7.82 Å². The Morgan fingerprint density at radius 2 is 1.59 bits per heavy atom. The number of phenolic OH excluding ortho intramolecular Hbond substituents is 1. The fourth-order valence-electron chi connectivity index (χ4n) is 4.38. The van der Waals surface area contributed by atoms with E-state index in [1.165, 1.54) is 34.2 Å². The first kappa shape index (κ1) is 35.0. The number of carbonyl (C=O) groups excluding carboxylic acids is 1. The third-order valence-corrected chi connectivity index (χ3v) is 8.09. The Morgan fingerprint density at radius 1 is 0.955 bits per heavy atom. The summed E-state index contributed by atoms with van der Waals surface area (Å²) >= 11 is 0. The lowest BCUT2D eigenvalue weighted by atomic mass is 10.1. The second-order valence-corrected chi connectivity index (χ2v) is 13.0. The molecule has 0 saturated carbocycles. The summed E-state index contributed by atoms with van der Waals surface area (Å²) in [7, 11) is -10.0. The molecular formula is C28H38N4O10P2. The van der Waals surface area contributed by atoms with E-state index < -0.39 is 33.1 Å². The second-order valence-electron chi connectivity index (χ2n) is 10.4. The lowest BCUT2D eigenvalue weighted by Crippen LogP contribution is -2.54. The molecule has 0 saturated heterocycles. The van der Waals surface area contributed by atoms with Crippen LogP contribution in [-0.4, -0.2) is 17.6 Å². The van der Waals surface area contributed by atoms with Crippen LogP contribution in [0.3, 0.4) is 0 Å². The summed E-state index contributed by atoms with van der Waals surface area (Å²) in [5.41, 5.74) is 3.51. The monoisotopic (exact) mass is 652 g/mol. The van der Waals surface area contributed by atoms with Gasteiger partial charge in [-0.25, -0.2) is 4.57 Å². The van der Waals surface area contributed by atoms with Crippen LogP contribution in [-0.2, 0) is 18.4 Å². The molecule has 1 amide bonds. The van der Waals surface area contributed by atoms with E-state index in [0.29, 0.717) is 6.42 Å². The van der Waals surface area contributed by atoms with Crippen LogP contribution in [0.2, 0.25) is 0 Å². The third-order valence-electron chi connectivity index (χ3n) is 6.60. The molecule has 0 atom stereocenters. The van der Waals surface area contributed by atoms with E-state index in [2.05, 4.69) is 63.8 Å². The highest BCUT2D eigenvalue weighted by Crippen LogP contribution is 2.53. The number of phosphoric acid groups is 2. The molecule has 0 bridgehead atoms. The van der Waals surface area contributed by atoms with Crippen molar-refractivity contribution in [2.45, 2.75) is 53.4 Å². The Labute approximate surface area is 255 Å². The molecule has 3 rings (SSSR count). The number of phosphoric ester groups is 1. The molecule has 2 aromatic carbocycles. The summed E-state index contributed by atoms with van der Waals surface area (Å²) in [4.78, 5) is 38.1. The number of para-hydroxylation sites is 1. The maximum Gasteiger partial charge on any atom is 0.624 e. The van der Waals surface area contributed by atoms with Crippen LogP contribution in [0, 0.1) is 0 Å². The Kier molecular flexibility index (Phi) is 12.0. The van der Waals surface area contributed by atoms with Crippen molar-refractivity contribution in [3.63, 3.8) is 0 Å². The standard InChI is InChI=1S/C28H38N4O10P2/c1-18(2)8-5-9-19(3)10-6-11-20(4)14-15-32-23-16-21(39-43(35,36)37)17-25(40-44(38,41-29)42-30)27(23)31-26-22(28(32)34)12-7-13-24(26)33/h7-8,10,12-14,16-17H,5-6,9,11,15H2,1-4,29-30H3,(H2-2,31,33,34,35,36,37)/b19-10+,20-14+. The van der Waals surface area contributed by atoms with Gasteiger partial charge in [0.1, 0.15) is 25.0 Å². The number of carbonyl (C=O) groups is 1. The van der Waals surface area contributed by atoms with E-state index in [0.717, 1.165) is 37.0 Å². The quantitative estimate of drug-likeness (QED) is 0.0999. The molecule has 16 heteroatoms. The number of benzene rings is 2. The molecule has 0 aromatic heterocycles. The highest BCUT2D eigenvalue weighted by molar-refractivity contribution is 7.48. The fraction of sp³-hybridized carbons (Fsp3) is 0.321. The van der Waals surface area contributed by atoms with Crippen LogP contribution < -0.4 is 40.8 Å². The first-order chi connectivity index (χ1) is 20.7. The van der Waals surface area contributed by atoms with Gasteiger partial charge < -0.3 is 38.7 Å². The first-order valence-electron chi connectivity index (χ1n) is 13.6. The van der Waals surface area contributed by atoms with Crippen molar-refractivity contribution in [3.8, 4) is 17.2 Å². The van der Waals surface area contributed by atoms with Crippen LogP contribution >= 0.6 is 15.6 Å². The van der Waals surface area contributed by atoms with Gasteiger partial charge in [-0.2, -0.15) is 11.8 Å². The molecule has 0 spiro atoms. The zero-order valence-corrected chi connectivity index (χ0v) is 26.8. The average molecular weight is 653 g/mol. The molecule has 0 radical (unpaired) electrons. The highest BCUT2D eigenvalue weighted by atomic mass is 31.2. The SMILES string of the molecule is CC(C)=CCC/C(C)=C/CC/C(C)=C/CN1C(=O)c2cccc(O)c2Nc2c(OP(=O)(O[NH3+])O[NH3+])cc(OP(=O)([O-])[O-])cc21. The van der Waals surface area contributed by atoms with Crippen molar-refractivity contribution in [3.05, 3.63) is 70.8 Å². The lowest BCUT2D eigenvalue weighted by molar-refractivity contribution is -0.682. The smallest absolute Gasteiger partial charge is 0.624 e. The van der Waals surface area contributed by atoms with Gasteiger partial charge in [-0.05, 0) is 65.5 Å². The maximum atomic E-state index is 13.9. The van der Waals surface area contributed by atoms with Gasteiger partial charge in [0.2, 0.25) is 0 Å². The number of fused-ring (bicyclic) bond motifs is 2. The van der Waals surface area contributed by atoms with Gasteiger partial charge in [-0.15, -0.1) is 0 Å². The van der Waals surface area contributed by atoms with Crippen molar-refractivity contribution in [2.75, 3.05) is 16.8 Å².